The van der Waals surface area contributed by atoms with Crippen LogP contribution in [0.3, 0.4) is 0 Å². The van der Waals surface area contributed by atoms with Gasteiger partial charge in [-0.1, -0.05) is 30.3 Å². The van der Waals surface area contributed by atoms with Crippen LogP contribution in [-0.2, 0) is 11.3 Å². The quantitative estimate of drug-likeness (QED) is 0.310. The first-order valence-electron chi connectivity index (χ1n) is 13.6. The van der Waals surface area contributed by atoms with Gasteiger partial charge in [0, 0.05) is 48.0 Å². The molecule has 0 bridgehead atoms. The first-order chi connectivity index (χ1) is 19.1. The minimum absolute atomic E-state index is 0.0831. The summed E-state index contributed by atoms with van der Waals surface area (Å²) in [5.41, 5.74) is 1.10. The summed E-state index contributed by atoms with van der Waals surface area (Å²) in [6.45, 7) is 2.66. The molecule has 2 fully saturated rings. The number of alkyl halides is 2. The number of piperidine rings is 1. The average molecular weight is 584 g/mol. The monoisotopic (exact) mass is 583 g/mol. The van der Waals surface area contributed by atoms with Crippen LogP contribution in [-0.4, -0.2) is 50.1 Å². The Morgan fingerprint density at radius 3 is 2.58 bits per heavy atom. The zero-order valence-electron chi connectivity index (χ0n) is 22.2. The fourth-order valence-electron chi connectivity index (χ4n) is 6.16. The first-order valence-corrected chi connectivity index (χ1v) is 15.3. The molecular weight excluding hydrogens is 552 g/mol. The number of carbonyl (C=O) groups is 1. The SMILES string of the molecule is Cc1cc([C@H]2CC(F)(F)CC[C@@H]2C(=O)N2CCC(O)(Cn3cnc4c(-c5ccccc5)scc4c3=O)CC2)cs1. The maximum absolute atomic E-state index is 14.4. The lowest BCUT2D eigenvalue weighted by Crippen LogP contribution is -2.52. The fourth-order valence-corrected chi connectivity index (χ4v) is 7.93. The van der Waals surface area contributed by atoms with Crippen LogP contribution < -0.4 is 5.56 Å². The van der Waals surface area contributed by atoms with E-state index in [4.69, 9.17) is 0 Å². The number of carbonyl (C=O) groups excluding carboxylic acids is 1. The van der Waals surface area contributed by atoms with Crippen molar-refractivity contribution >= 4 is 39.5 Å². The highest BCUT2D eigenvalue weighted by Crippen LogP contribution is 2.47. The molecule has 0 unspecified atom stereocenters. The maximum atomic E-state index is 14.4. The second-order valence-corrected chi connectivity index (χ2v) is 13.2. The summed E-state index contributed by atoms with van der Waals surface area (Å²) in [5, 5.41) is 15.6. The van der Waals surface area contributed by atoms with E-state index in [2.05, 4.69) is 4.98 Å². The number of likely N-dealkylation sites (tertiary alicyclic amines) is 1. The van der Waals surface area contributed by atoms with Crippen molar-refractivity contribution in [1.29, 1.82) is 0 Å². The van der Waals surface area contributed by atoms with E-state index >= 15 is 0 Å². The van der Waals surface area contributed by atoms with E-state index in [0.29, 0.717) is 36.8 Å². The number of fused-ring (bicyclic) bond motifs is 1. The molecule has 0 spiro atoms. The highest BCUT2D eigenvalue weighted by atomic mass is 32.1. The van der Waals surface area contributed by atoms with E-state index < -0.39 is 23.4 Å². The summed E-state index contributed by atoms with van der Waals surface area (Å²) in [6.07, 6.45) is 1.65. The molecule has 40 heavy (non-hydrogen) atoms. The highest BCUT2D eigenvalue weighted by molar-refractivity contribution is 7.15. The summed E-state index contributed by atoms with van der Waals surface area (Å²) in [4.78, 5) is 35.1. The Kier molecular flexibility index (Phi) is 7.13. The topological polar surface area (TPSA) is 75.4 Å². The van der Waals surface area contributed by atoms with Crippen LogP contribution in [0.15, 0.2) is 58.3 Å². The molecule has 1 aliphatic heterocycles. The van der Waals surface area contributed by atoms with Crippen molar-refractivity contribution in [3.63, 3.8) is 0 Å². The zero-order valence-corrected chi connectivity index (χ0v) is 23.8. The molecule has 1 amide bonds. The Balaban J connectivity index is 1.15. The van der Waals surface area contributed by atoms with Gasteiger partial charge < -0.3 is 10.0 Å². The Morgan fingerprint density at radius 2 is 1.88 bits per heavy atom. The molecule has 10 heteroatoms. The lowest BCUT2D eigenvalue weighted by Gasteiger charge is -2.42. The number of nitrogens with zero attached hydrogens (tertiary/aromatic N) is 3. The molecule has 2 aliphatic rings. The van der Waals surface area contributed by atoms with Gasteiger partial charge in [0.1, 0.15) is 0 Å². The Morgan fingerprint density at radius 1 is 1.12 bits per heavy atom. The number of hydrogen-bond acceptors (Lipinski definition) is 6. The van der Waals surface area contributed by atoms with Crippen molar-refractivity contribution in [2.75, 3.05) is 13.1 Å². The summed E-state index contributed by atoms with van der Waals surface area (Å²) in [5.74, 6) is -3.89. The van der Waals surface area contributed by atoms with Crippen LogP contribution in [0, 0.1) is 12.8 Å². The van der Waals surface area contributed by atoms with Gasteiger partial charge in [0.05, 0.1) is 34.3 Å². The van der Waals surface area contributed by atoms with Gasteiger partial charge in [-0.15, -0.1) is 22.7 Å². The third-order valence-electron chi connectivity index (χ3n) is 8.41. The number of thiophene rings is 2. The second-order valence-electron chi connectivity index (χ2n) is 11.2. The van der Waals surface area contributed by atoms with Gasteiger partial charge in [-0.05, 0) is 48.8 Å². The molecule has 4 aromatic rings. The van der Waals surface area contributed by atoms with Crippen molar-refractivity contribution in [2.24, 2.45) is 5.92 Å². The predicted molar refractivity (Wildman–Crippen MR) is 154 cm³/mol. The van der Waals surface area contributed by atoms with Crippen LogP contribution >= 0.6 is 22.7 Å². The van der Waals surface area contributed by atoms with Crippen LogP contribution in [0.5, 0.6) is 0 Å². The second kappa shape index (κ2) is 10.5. The number of amides is 1. The number of benzene rings is 1. The number of aliphatic hydroxyl groups is 1. The van der Waals surface area contributed by atoms with Crippen molar-refractivity contribution in [3.8, 4) is 10.4 Å². The van der Waals surface area contributed by atoms with E-state index in [9.17, 15) is 23.5 Å². The van der Waals surface area contributed by atoms with Crippen molar-refractivity contribution < 1.29 is 18.7 Å². The minimum atomic E-state index is -2.77. The Labute approximate surface area is 238 Å². The lowest BCUT2D eigenvalue weighted by atomic mass is 9.73. The molecule has 1 saturated heterocycles. The molecule has 1 aliphatic carbocycles. The number of rotatable bonds is 5. The number of aryl methyl sites for hydroxylation is 1. The van der Waals surface area contributed by atoms with E-state index in [-0.39, 0.29) is 37.3 Å². The van der Waals surface area contributed by atoms with Crippen LogP contribution in [0.4, 0.5) is 8.78 Å². The van der Waals surface area contributed by atoms with Crippen molar-refractivity contribution in [3.05, 3.63) is 74.3 Å². The Bertz CT molecular complexity index is 1590. The van der Waals surface area contributed by atoms with E-state index in [1.807, 2.05) is 54.1 Å². The predicted octanol–water partition coefficient (Wildman–Crippen LogP) is 6.07. The van der Waals surface area contributed by atoms with Crippen LogP contribution in [0.25, 0.3) is 21.3 Å². The molecule has 2 atom stereocenters. The lowest BCUT2D eigenvalue weighted by molar-refractivity contribution is -0.145. The van der Waals surface area contributed by atoms with Gasteiger partial charge in [-0.25, -0.2) is 13.8 Å². The van der Waals surface area contributed by atoms with Crippen LogP contribution in [0.1, 0.15) is 48.5 Å². The molecule has 1 N–H and O–H groups in total. The molecule has 3 aromatic heterocycles. The van der Waals surface area contributed by atoms with E-state index in [1.54, 1.807) is 4.90 Å². The zero-order chi connectivity index (χ0) is 28.1. The van der Waals surface area contributed by atoms with Crippen molar-refractivity contribution in [1.82, 2.24) is 14.5 Å². The standard InChI is InChI=1S/C30H31F2N3O3S2/c1-19-13-21(15-39-19)23-14-30(31,32)8-7-22(23)27(36)34-11-9-29(38,10-12-34)17-35-18-33-25-24(28(35)37)16-40-26(25)20-5-3-2-4-6-20/h2-6,13,15-16,18,22-23,38H,7-12,14,17H2,1H3/t22-,23+/m0/s1. The molecule has 1 aromatic carbocycles. The smallest absolute Gasteiger partial charge is 0.262 e. The minimum Gasteiger partial charge on any atom is -0.388 e. The van der Waals surface area contributed by atoms with Gasteiger partial charge in [-0.3, -0.25) is 14.2 Å². The average Bonchev–Trinajstić information content (AvgIpc) is 3.57. The molecule has 6 nitrogen and oxygen atoms in total. The number of halogens is 2. The third kappa shape index (κ3) is 5.24. The molecule has 4 heterocycles. The van der Waals surface area contributed by atoms with Gasteiger partial charge in [-0.2, -0.15) is 0 Å². The normalized spacial score (nSPS) is 22.4. The van der Waals surface area contributed by atoms with Gasteiger partial charge in [0.2, 0.25) is 11.8 Å². The molecule has 1 saturated carbocycles. The van der Waals surface area contributed by atoms with Crippen LogP contribution in [0.2, 0.25) is 0 Å². The summed E-state index contributed by atoms with van der Waals surface area (Å²) < 4.78 is 30.2. The maximum Gasteiger partial charge on any atom is 0.262 e. The molecule has 6 rings (SSSR count). The van der Waals surface area contributed by atoms with E-state index in [1.165, 1.54) is 33.6 Å². The first kappa shape index (κ1) is 27.2. The van der Waals surface area contributed by atoms with E-state index in [0.717, 1.165) is 20.9 Å². The van der Waals surface area contributed by atoms with Gasteiger partial charge in [0.15, 0.2) is 0 Å². The molecule has 210 valence electrons. The Hall–Kier alpha value is -2.95. The molecule has 0 radical (unpaired) electrons. The third-order valence-corrected chi connectivity index (χ3v) is 10.3. The van der Waals surface area contributed by atoms with Gasteiger partial charge in [0.25, 0.3) is 5.56 Å². The molecular formula is C30H31F2N3O3S2. The van der Waals surface area contributed by atoms with Gasteiger partial charge >= 0.3 is 0 Å². The number of aromatic nitrogens is 2. The summed E-state index contributed by atoms with van der Waals surface area (Å²) >= 11 is 2.99. The highest BCUT2D eigenvalue weighted by Gasteiger charge is 2.47. The largest absolute Gasteiger partial charge is 0.388 e. The fraction of sp³-hybridized carbons (Fsp3) is 0.433. The van der Waals surface area contributed by atoms with Crippen molar-refractivity contribution in [2.45, 2.75) is 63.0 Å². The summed E-state index contributed by atoms with van der Waals surface area (Å²) in [7, 11) is 0. The summed E-state index contributed by atoms with van der Waals surface area (Å²) in [6, 6.07) is 11.7. The number of hydrogen-bond donors (Lipinski definition) is 1.